The molecule has 7 nitrogen and oxygen atoms in total. The molecule has 0 fully saturated rings. The Kier molecular flexibility index (Phi) is 4.63. The summed E-state index contributed by atoms with van der Waals surface area (Å²) in [5.74, 6) is 1.28. The number of aromatic nitrogens is 3. The van der Waals surface area contributed by atoms with Gasteiger partial charge in [0.25, 0.3) is 5.91 Å². The molecule has 0 saturated carbocycles. The fraction of sp³-hybridized carbons (Fsp3) is 0.227. The topological polar surface area (TPSA) is 78.3 Å². The number of nitrogens with zero attached hydrogens (tertiary/aromatic N) is 3. The van der Waals surface area contributed by atoms with Gasteiger partial charge in [-0.1, -0.05) is 12.1 Å². The molecular formula is C22H20N4O3S. The highest BCUT2D eigenvalue weighted by atomic mass is 32.1. The van der Waals surface area contributed by atoms with Crippen molar-refractivity contribution in [3.8, 4) is 22.1 Å². The van der Waals surface area contributed by atoms with Gasteiger partial charge in [-0.15, -0.1) is 11.3 Å². The van der Waals surface area contributed by atoms with E-state index in [-0.39, 0.29) is 5.91 Å². The number of aryl methyl sites for hydroxylation is 2. The van der Waals surface area contributed by atoms with Crippen LogP contribution >= 0.6 is 11.3 Å². The second-order valence-electron chi connectivity index (χ2n) is 7.10. The number of ether oxygens (including phenoxy) is 2. The third kappa shape index (κ3) is 3.29. The van der Waals surface area contributed by atoms with Gasteiger partial charge in [0.1, 0.15) is 13.2 Å². The minimum atomic E-state index is -0.161. The molecule has 0 atom stereocenters. The average molecular weight is 420 g/mol. The first kappa shape index (κ1) is 18.6. The smallest absolute Gasteiger partial charge is 0.252 e. The van der Waals surface area contributed by atoms with E-state index in [0.717, 1.165) is 33.0 Å². The number of nitrogens with one attached hydrogen (secondary N) is 1. The lowest BCUT2D eigenvalue weighted by Crippen LogP contribution is -2.23. The van der Waals surface area contributed by atoms with E-state index in [1.54, 1.807) is 16.0 Å². The van der Waals surface area contributed by atoms with Crippen molar-refractivity contribution < 1.29 is 14.3 Å². The van der Waals surface area contributed by atoms with Crippen LogP contribution in [0.2, 0.25) is 0 Å². The number of hydrogen-bond donors (Lipinski definition) is 1. The number of pyridine rings is 1. The fourth-order valence-corrected chi connectivity index (χ4v) is 4.34. The number of carbonyl (C=O) groups is 1. The fourth-order valence-electron chi connectivity index (χ4n) is 3.65. The zero-order chi connectivity index (χ0) is 20.7. The molecule has 0 bridgehead atoms. The van der Waals surface area contributed by atoms with Gasteiger partial charge in [-0.25, -0.2) is 4.98 Å². The molecule has 5 rings (SSSR count). The highest BCUT2D eigenvalue weighted by molar-refractivity contribution is 7.13. The molecule has 0 spiro atoms. The van der Waals surface area contributed by atoms with Crippen LogP contribution in [-0.4, -0.2) is 33.9 Å². The van der Waals surface area contributed by atoms with Crippen LogP contribution in [0.3, 0.4) is 0 Å². The summed E-state index contributed by atoms with van der Waals surface area (Å²) in [7, 11) is 1.84. The van der Waals surface area contributed by atoms with E-state index in [4.69, 9.17) is 14.5 Å². The number of rotatable bonds is 4. The van der Waals surface area contributed by atoms with Crippen molar-refractivity contribution in [1.29, 1.82) is 0 Å². The van der Waals surface area contributed by atoms with Crippen molar-refractivity contribution in [2.24, 2.45) is 7.05 Å². The van der Waals surface area contributed by atoms with Gasteiger partial charge in [-0.2, -0.15) is 5.10 Å². The van der Waals surface area contributed by atoms with E-state index in [1.165, 1.54) is 0 Å². The maximum absolute atomic E-state index is 13.2. The minimum absolute atomic E-state index is 0.161. The third-order valence-corrected chi connectivity index (χ3v) is 5.94. The molecule has 152 valence electrons. The number of hydrogen-bond acceptors (Lipinski definition) is 6. The maximum atomic E-state index is 13.2. The van der Waals surface area contributed by atoms with Crippen molar-refractivity contribution in [3.05, 3.63) is 58.6 Å². The number of benzene rings is 1. The van der Waals surface area contributed by atoms with Gasteiger partial charge >= 0.3 is 0 Å². The van der Waals surface area contributed by atoms with Crippen molar-refractivity contribution in [3.63, 3.8) is 0 Å². The highest BCUT2D eigenvalue weighted by Gasteiger charge is 2.20. The van der Waals surface area contributed by atoms with Gasteiger partial charge in [0.05, 0.1) is 27.2 Å². The van der Waals surface area contributed by atoms with Crippen LogP contribution in [0.25, 0.3) is 21.6 Å². The number of amides is 1. The molecule has 1 aliphatic heterocycles. The first-order valence-electron chi connectivity index (χ1n) is 9.65. The molecule has 0 saturated heterocycles. The van der Waals surface area contributed by atoms with Gasteiger partial charge in [0.2, 0.25) is 0 Å². The summed E-state index contributed by atoms with van der Waals surface area (Å²) < 4.78 is 12.9. The van der Waals surface area contributed by atoms with Gasteiger partial charge < -0.3 is 14.8 Å². The Morgan fingerprint density at radius 3 is 2.83 bits per heavy atom. The molecule has 4 aromatic rings. The Labute approximate surface area is 177 Å². The molecule has 0 radical (unpaired) electrons. The van der Waals surface area contributed by atoms with Crippen molar-refractivity contribution in [2.75, 3.05) is 13.2 Å². The predicted octanol–water partition coefficient (Wildman–Crippen LogP) is 3.71. The second-order valence-corrected chi connectivity index (χ2v) is 8.05. The quantitative estimate of drug-likeness (QED) is 0.545. The van der Waals surface area contributed by atoms with Crippen LogP contribution < -0.4 is 14.8 Å². The van der Waals surface area contributed by atoms with Gasteiger partial charge in [-0.05, 0) is 42.1 Å². The third-order valence-electron chi connectivity index (χ3n) is 5.05. The lowest BCUT2D eigenvalue weighted by Gasteiger charge is -2.19. The molecule has 1 N–H and O–H groups in total. The second kappa shape index (κ2) is 7.46. The monoisotopic (exact) mass is 420 g/mol. The zero-order valence-electron chi connectivity index (χ0n) is 16.6. The van der Waals surface area contributed by atoms with E-state index in [2.05, 4.69) is 10.4 Å². The molecule has 0 unspecified atom stereocenters. The van der Waals surface area contributed by atoms with E-state index in [9.17, 15) is 4.79 Å². The summed E-state index contributed by atoms with van der Waals surface area (Å²) in [5, 5.41) is 10.3. The van der Waals surface area contributed by atoms with E-state index < -0.39 is 0 Å². The van der Waals surface area contributed by atoms with Crippen LogP contribution in [-0.2, 0) is 13.6 Å². The summed E-state index contributed by atoms with van der Waals surface area (Å²) in [6, 6.07) is 11.5. The summed E-state index contributed by atoms with van der Waals surface area (Å²) >= 11 is 1.59. The molecule has 8 heteroatoms. The first-order valence-corrected chi connectivity index (χ1v) is 10.5. The summed E-state index contributed by atoms with van der Waals surface area (Å²) in [6.07, 6.45) is 0. The van der Waals surface area contributed by atoms with E-state index >= 15 is 0 Å². The standard InChI is InChI=1S/C22H20N4O3S/c1-13-20-15(11-16(19-4-3-9-30-19)24-21(20)26(2)25-13)22(27)23-12-14-5-6-17-18(10-14)29-8-7-28-17/h3-6,9-11H,7-8,12H2,1-2H3,(H,23,27). The SMILES string of the molecule is Cc1nn(C)c2nc(-c3cccs3)cc(C(=O)NCc3ccc4c(c3)OCCO4)c12. The molecule has 1 amide bonds. The van der Waals surface area contributed by atoms with E-state index in [0.29, 0.717) is 36.7 Å². The molecule has 0 aliphatic carbocycles. The molecule has 3 aromatic heterocycles. The number of carbonyl (C=O) groups excluding carboxylic acids is 1. The number of thiophene rings is 1. The van der Waals surface area contributed by atoms with Gasteiger partial charge in [-0.3, -0.25) is 9.48 Å². The molecule has 1 aromatic carbocycles. The first-order chi connectivity index (χ1) is 14.6. The Bertz CT molecular complexity index is 1250. The number of fused-ring (bicyclic) bond motifs is 2. The van der Waals surface area contributed by atoms with Gasteiger partial charge in [0, 0.05) is 13.6 Å². The maximum Gasteiger partial charge on any atom is 0.252 e. The molecule has 30 heavy (non-hydrogen) atoms. The average Bonchev–Trinajstić information content (AvgIpc) is 3.40. The molecule has 1 aliphatic rings. The largest absolute Gasteiger partial charge is 0.486 e. The molecular weight excluding hydrogens is 400 g/mol. The highest BCUT2D eigenvalue weighted by Crippen LogP contribution is 2.31. The van der Waals surface area contributed by atoms with Crippen LogP contribution in [0.1, 0.15) is 21.6 Å². The normalized spacial score (nSPS) is 12.9. The van der Waals surface area contributed by atoms with E-state index in [1.807, 2.05) is 55.7 Å². The molecule has 4 heterocycles. The summed E-state index contributed by atoms with van der Waals surface area (Å²) in [5.41, 5.74) is 3.76. The van der Waals surface area contributed by atoms with Gasteiger partial charge in [0.15, 0.2) is 17.1 Å². The Morgan fingerprint density at radius 1 is 1.20 bits per heavy atom. The lowest BCUT2D eigenvalue weighted by atomic mass is 10.1. The lowest BCUT2D eigenvalue weighted by molar-refractivity contribution is 0.0952. The van der Waals surface area contributed by atoms with Crippen LogP contribution in [0.15, 0.2) is 41.8 Å². The van der Waals surface area contributed by atoms with Crippen LogP contribution in [0, 0.1) is 6.92 Å². The van der Waals surface area contributed by atoms with Crippen molar-refractivity contribution in [2.45, 2.75) is 13.5 Å². The Morgan fingerprint density at radius 2 is 2.03 bits per heavy atom. The Hall–Kier alpha value is -3.39. The summed E-state index contributed by atoms with van der Waals surface area (Å²) in [4.78, 5) is 18.9. The van der Waals surface area contributed by atoms with Crippen molar-refractivity contribution in [1.82, 2.24) is 20.1 Å². The van der Waals surface area contributed by atoms with Crippen LogP contribution in [0.4, 0.5) is 0 Å². The Balaban J connectivity index is 1.47. The minimum Gasteiger partial charge on any atom is -0.486 e. The predicted molar refractivity (Wildman–Crippen MR) is 115 cm³/mol. The summed E-state index contributed by atoms with van der Waals surface area (Å²) in [6.45, 7) is 3.36. The zero-order valence-corrected chi connectivity index (χ0v) is 17.5. The van der Waals surface area contributed by atoms with Crippen LogP contribution in [0.5, 0.6) is 11.5 Å². The van der Waals surface area contributed by atoms with Crippen molar-refractivity contribution >= 4 is 28.3 Å².